The molecule has 0 aliphatic heterocycles. The van der Waals surface area contributed by atoms with Crippen LogP contribution in [0.3, 0.4) is 0 Å². The lowest BCUT2D eigenvalue weighted by atomic mass is 9.78. The molecule has 2 aromatic rings. The Morgan fingerprint density at radius 3 is 2.13 bits per heavy atom. The van der Waals surface area contributed by atoms with Gasteiger partial charge in [0, 0.05) is 5.41 Å². The highest BCUT2D eigenvalue weighted by atomic mass is 35.5. The second-order valence-corrected chi connectivity index (χ2v) is 9.15. The van der Waals surface area contributed by atoms with Gasteiger partial charge in [0.2, 0.25) is 0 Å². The molecule has 0 saturated carbocycles. The predicted octanol–water partition coefficient (Wildman–Crippen LogP) is 5.28. The van der Waals surface area contributed by atoms with E-state index in [4.69, 9.17) is 32.7 Å². The van der Waals surface area contributed by atoms with Gasteiger partial charge in [0.15, 0.2) is 5.78 Å². The van der Waals surface area contributed by atoms with E-state index in [0.717, 1.165) is 11.1 Å². The third kappa shape index (κ3) is 7.29. The van der Waals surface area contributed by atoms with E-state index in [1.807, 2.05) is 43.5 Å². The lowest BCUT2D eigenvalue weighted by Gasteiger charge is -2.27. The topological polar surface area (TPSA) is 67.8 Å². The molecule has 2 aromatic carbocycles. The lowest BCUT2D eigenvalue weighted by molar-refractivity contribution is -0.119. The Bertz CT molecular complexity index is 892. The minimum Gasteiger partial charge on any atom is -0.489 e. The van der Waals surface area contributed by atoms with Crippen LogP contribution in [0.15, 0.2) is 36.4 Å². The van der Waals surface area contributed by atoms with Gasteiger partial charge in [-0.25, -0.2) is 0 Å². The van der Waals surface area contributed by atoms with Crippen LogP contribution in [0, 0.1) is 0 Å². The summed E-state index contributed by atoms with van der Waals surface area (Å²) in [6, 6.07) is 11.2. The van der Waals surface area contributed by atoms with Gasteiger partial charge in [-0.3, -0.25) is 9.52 Å². The molecule has 1 unspecified atom stereocenters. The lowest BCUT2D eigenvalue weighted by Crippen LogP contribution is -2.23. The molecule has 2 N–H and O–H groups in total. The Kier molecular flexibility index (Phi) is 9.97. The predicted molar refractivity (Wildman–Crippen MR) is 129 cm³/mol. The number of halogens is 2. The molecule has 1 atom stereocenters. The number of carbonyl (C=O) groups excluding carboxylic acids is 1. The minimum absolute atomic E-state index is 0.0418. The van der Waals surface area contributed by atoms with Crippen LogP contribution in [0.1, 0.15) is 38.3 Å². The largest absolute Gasteiger partial charge is 0.489 e. The van der Waals surface area contributed by atoms with Crippen LogP contribution in [0.5, 0.6) is 11.5 Å². The van der Waals surface area contributed by atoms with E-state index in [1.165, 1.54) is 11.9 Å². The minimum atomic E-state index is -0.521. The SMILES string of the molecule is CCC(O)COc1ccc(C(C)(C)c2ccc(OCC(=O)CNSC)c(Cl)c2)cc1Cl. The summed E-state index contributed by atoms with van der Waals surface area (Å²) in [6.07, 6.45) is 1.95. The number of benzene rings is 2. The van der Waals surface area contributed by atoms with Crippen molar-refractivity contribution in [1.82, 2.24) is 4.72 Å². The Morgan fingerprint density at radius 2 is 1.65 bits per heavy atom. The zero-order valence-electron chi connectivity index (χ0n) is 18.2. The van der Waals surface area contributed by atoms with Gasteiger partial charge in [-0.15, -0.1) is 0 Å². The summed E-state index contributed by atoms with van der Waals surface area (Å²) >= 11 is 14.2. The first-order valence-corrected chi connectivity index (χ1v) is 12.0. The van der Waals surface area contributed by atoms with E-state index < -0.39 is 6.10 Å². The fourth-order valence-electron chi connectivity index (χ4n) is 2.85. The first-order valence-electron chi connectivity index (χ1n) is 10.00. The van der Waals surface area contributed by atoms with Gasteiger partial charge >= 0.3 is 0 Å². The molecular formula is C23H29Cl2NO4S. The number of hydrogen-bond donors (Lipinski definition) is 2. The standard InChI is InChI=1S/C23H29Cl2NO4S/c1-5-17(27)13-29-21-8-6-15(10-19(21)24)23(2,3)16-7-9-22(20(25)11-16)30-14-18(28)12-26-31-4/h6-11,17,26-27H,5,12-14H2,1-4H3. The van der Waals surface area contributed by atoms with Crippen molar-refractivity contribution in [2.45, 2.75) is 38.7 Å². The molecular weight excluding hydrogens is 457 g/mol. The van der Waals surface area contributed by atoms with Gasteiger partial charge in [-0.1, -0.05) is 68.1 Å². The highest BCUT2D eigenvalue weighted by Gasteiger charge is 2.25. The van der Waals surface area contributed by atoms with Gasteiger partial charge < -0.3 is 14.6 Å². The zero-order chi connectivity index (χ0) is 23.0. The molecule has 5 nitrogen and oxygen atoms in total. The average molecular weight is 486 g/mol. The highest BCUT2D eigenvalue weighted by Crippen LogP contribution is 2.38. The summed E-state index contributed by atoms with van der Waals surface area (Å²) in [5, 5.41) is 10.6. The maximum Gasteiger partial charge on any atom is 0.184 e. The van der Waals surface area contributed by atoms with Crippen LogP contribution >= 0.6 is 35.1 Å². The van der Waals surface area contributed by atoms with Gasteiger partial charge in [0.25, 0.3) is 0 Å². The molecule has 0 spiro atoms. The number of Topliss-reactive ketones (excluding diaryl/α,β-unsaturated/α-hetero) is 1. The zero-order valence-corrected chi connectivity index (χ0v) is 20.5. The number of carbonyl (C=O) groups is 1. The molecule has 0 aliphatic carbocycles. The number of ether oxygens (including phenoxy) is 2. The first-order chi connectivity index (χ1) is 14.7. The van der Waals surface area contributed by atoms with Crippen molar-refractivity contribution >= 4 is 40.9 Å². The molecule has 0 bridgehead atoms. The quantitative estimate of drug-likeness (QED) is 0.398. The van der Waals surface area contributed by atoms with E-state index in [1.54, 1.807) is 6.07 Å². The fraction of sp³-hybridized carbons (Fsp3) is 0.435. The van der Waals surface area contributed by atoms with Crippen LogP contribution in [0.25, 0.3) is 0 Å². The molecule has 0 amide bonds. The molecule has 0 fully saturated rings. The van der Waals surface area contributed by atoms with Gasteiger partial charge in [-0.2, -0.15) is 0 Å². The van der Waals surface area contributed by atoms with Crippen LogP contribution < -0.4 is 14.2 Å². The molecule has 0 radical (unpaired) electrons. The Balaban J connectivity index is 2.13. The molecule has 8 heteroatoms. The third-order valence-electron chi connectivity index (χ3n) is 5.01. The summed E-state index contributed by atoms with van der Waals surface area (Å²) in [5.41, 5.74) is 1.58. The molecule has 0 aromatic heterocycles. The van der Waals surface area contributed by atoms with Crippen LogP contribution in [-0.4, -0.2) is 43.0 Å². The number of aliphatic hydroxyl groups is 1. The molecule has 0 aliphatic rings. The molecule has 2 rings (SSSR count). The Morgan fingerprint density at radius 1 is 1.10 bits per heavy atom. The van der Waals surface area contributed by atoms with E-state index in [-0.39, 0.29) is 31.0 Å². The number of hydrogen-bond acceptors (Lipinski definition) is 6. The van der Waals surface area contributed by atoms with Crippen LogP contribution in [0.4, 0.5) is 0 Å². The van der Waals surface area contributed by atoms with Crippen molar-refractivity contribution in [2.75, 3.05) is 26.0 Å². The van der Waals surface area contributed by atoms with E-state index in [2.05, 4.69) is 18.6 Å². The second kappa shape index (κ2) is 12.0. The monoisotopic (exact) mass is 485 g/mol. The van der Waals surface area contributed by atoms with E-state index in [9.17, 15) is 9.90 Å². The number of nitrogens with one attached hydrogen (secondary N) is 1. The molecule has 31 heavy (non-hydrogen) atoms. The summed E-state index contributed by atoms with van der Waals surface area (Å²) in [4.78, 5) is 11.8. The second-order valence-electron chi connectivity index (χ2n) is 7.64. The first kappa shape index (κ1) is 25.8. The number of rotatable bonds is 12. The summed E-state index contributed by atoms with van der Waals surface area (Å²) < 4.78 is 14.1. The van der Waals surface area contributed by atoms with Crippen molar-refractivity contribution in [3.63, 3.8) is 0 Å². The van der Waals surface area contributed by atoms with E-state index in [0.29, 0.717) is 28.0 Å². The Hall–Kier alpha value is -1.44. The number of aliphatic hydroxyl groups excluding tert-OH is 1. The summed E-state index contributed by atoms with van der Waals surface area (Å²) in [6.45, 7) is 6.44. The smallest absolute Gasteiger partial charge is 0.184 e. The van der Waals surface area contributed by atoms with Gasteiger partial charge in [0.05, 0.1) is 22.7 Å². The van der Waals surface area contributed by atoms with Gasteiger partial charge in [0.1, 0.15) is 24.7 Å². The van der Waals surface area contributed by atoms with Crippen molar-refractivity contribution in [1.29, 1.82) is 0 Å². The molecule has 0 saturated heterocycles. The summed E-state index contributed by atoms with van der Waals surface area (Å²) in [5.74, 6) is 0.948. The molecule has 0 heterocycles. The average Bonchev–Trinajstić information content (AvgIpc) is 2.75. The van der Waals surface area contributed by atoms with Crippen molar-refractivity contribution in [3.05, 3.63) is 57.6 Å². The van der Waals surface area contributed by atoms with Gasteiger partial charge in [-0.05, 0) is 48.1 Å². The van der Waals surface area contributed by atoms with Crippen molar-refractivity contribution < 1.29 is 19.4 Å². The Labute approximate surface area is 198 Å². The fourth-order valence-corrected chi connectivity index (χ4v) is 3.62. The van der Waals surface area contributed by atoms with Crippen molar-refractivity contribution in [3.8, 4) is 11.5 Å². The maximum absolute atomic E-state index is 11.8. The number of ketones is 1. The van der Waals surface area contributed by atoms with Crippen LogP contribution in [0.2, 0.25) is 10.0 Å². The normalized spacial score (nSPS) is 12.5. The summed E-state index contributed by atoms with van der Waals surface area (Å²) in [7, 11) is 0. The highest BCUT2D eigenvalue weighted by molar-refractivity contribution is 7.96. The van der Waals surface area contributed by atoms with Crippen molar-refractivity contribution in [2.24, 2.45) is 0 Å². The van der Waals surface area contributed by atoms with Crippen LogP contribution in [-0.2, 0) is 10.2 Å². The van der Waals surface area contributed by atoms with E-state index >= 15 is 0 Å². The maximum atomic E-state index is 11.8. The molecule has 170 valence electrons. The third-order valence-corrected chi connectivity index (χ3v) is 6.04.